The zero-order valence-electron chi connectivity index (χ0n) is 18.5. The van der Waals surface area contributed by atoms with Crippen LogP contribution in [0.15, 0.2) is 83.9 Å². The van der Waals surface area contributed by atoms with Crippen LogP contribution in [0.25, 0.3) is 15.8 Å². The van der Waals surface area contributed by atoms with Crippen LogP contribution < -0.4 is 5.32 Å². The second-order valence-electron chi connectivity index (χ2n) is 8.59. The summed E-state index contributed by atoms with van der Waals surface area (Å²) in [6.07, 6.45) is 1.32. The lowest BCUT2D eigenvalue weighted by atomic mass is 9.87. The van der Waals surface area contributed by atoms with Crippen molar-refractivity contribution in [2.75, 3.05) is 5.32 Å². The molecule has 0 aliphatic heterocycles. The molecule has 0 radical (unpaired) electrons. The van der Waals surface area contributed by atoms with Crippen molar-refractivity contribution in [1.82, 2.24) is 9.97 Å². The van der Waals surface area contributed by atoms with Crippen molar-refractivity contribution in [2.24, 2.45) is 0 Å². The third-order valence-electron chi connectivity index (χ3n) is 5.07. The Balaban J connectivity index is 1.46. The highest BCUT2D eigenvalue weighted by Gasteiger charge is 2.15. The number of sulfonamides is 1. The minimum absolute atomic E-state index is 0.000186. The zero-order valence-corrected chi connectivity index (χ0v) is 19.3. The second kappa shape index (κ2) is 8.63. The van der Waals surface area contributed by atoms with E-state index in [2.05, 4.69) is 40.8 Å². The van der Waals surface area contributed by atoms with Gasteiger partial charge >= 0.3 is 0 Å². The maximum atomic E-state index is 12.7. The van der Waals surface area contributed by atoms with Crippen LogP contribution in [0, 0.1) is 0 Å². The van der Waals surface area contributed by atoms with Crippen molar-refractivity contribution in [3.05, 3.63) is 94.8 Å². The van der Waals surface area contributed by atoms with Gasteiger partial charge in [-0.1, -0.05) is 51.1 Å². The molecule has 0 bridgehead atoms. The number of hydrogen-bond acceptors (Lipinski definition) is 5. The molecule has 0 aliphatic rings. The first-order valence-electron chi connectivity index (χ1n) is 10.3. The summed E-state index contributed by atoms with van der Waals surface area (Å²) in [7, 11) is -3.99. The maximum Gasteiger partial charge on any atom is 0.255 e. The molecule has 168 valence electrons. The Morgan fingerprint density at radius 1 is 0.879 bits per heavy atom. The Bertz CT molecular complexity index is 1410. The average molecular weight is 460 g/mol. The van der Waals surface area contributed by atoms with Crippen molar-refractivity contribution in [1.29, 1.82) is 0 Å². The molecule has 4 aromatic rings. The molecule has 8 heteroatoms. The van der Waals surface area contributed by atoms with Gasteiger partial charge in [0.2, 0.25) is 10.0 Å². The van der Waals surface area contributed by atoms with E-state index in [1.54, 1.807) is 30.3 Å². The number of aromatic nitrogens is 2. The van der Waals surface area contributed by atoms with Gasteiger partial charge in [0.25, 0.3) is 5.91 Å². The number of rotatable bonds is 5. The van der Waals surface area contributed by atoms with E-state index in [1.807, 2.05) is 18.2 Å². The van der Waals surface area contributed by atoms with E-state index < -0.39 is 10.0 Å². The van der Waals surface area contributed by atoms with Crippen LogP contribution in [0.4, 0.5) is 11.5 Å². The van der Waals surface area contributed by atoms with Gasteiger partial charge in [0.1, 0.15) is 0 Å². The quantitative estimate of drug-likeness (QED) is 0.420. The SMILES string of the molecule is CC(C)(C)c1ccc(C(=O)Nc2ccc(S(=O)(=O)[N-]c3cnc4ccccc4n3)cc2)cc1. The van der Waals surface area contributed by atoms with Crippen molar-refractivity contribution in [3.63, 3.8) is 0 Å². The first kappa shape index (κ1) is 22.4. The van der Waals surface area contributed by atoms with Gasteiger partial charge in [0.05, 0.1) is 10.4 Å². The Morgan fingerprint density at radius 3 is 2.15 bits per heavy atom. The van der Waals surface area contributed by atoms with Gasteiger partial charge in [-0.25, -0.2) is 8.42 Å². The number of benzene rings is 3. The Kier molecular flexibility index (Phi) is 5.86. The number of amides is 1. The topological polar surface area (TPSA) is 103 Å². The fourth-order valence-electron chi connectivity index (χ4n) is 3.20. The highest BCUT2D eigenvalue weighted by Crippen LogP contribution is 2.28. The normalized spacial score (nSPS) is 11.8. The molecule has 33 heavy (non-hydrogen) atoms. The van der Waals surface area contributed by atoms with Crippen LogP contribution in [-0.4, -0.2) is 24.3 Å². The molecule has 0 saturated heterocycles. The second-order valence-corrected chi connectivity index (χ2v) is 10.2. The molecule has 1 heterocycles. The van der Waals surface area contributed by atoms with Crippen LogP contribution in [0.2, 0.25) is 0 Å². The maximum absolute atomic E-state index is 12.7. The number of fused-ring (bicyclic) bond motifs is 1. The number of para-hydroxylation sites is 2. The summed E-state index contributed by atoms with van der Waals surface area (Å²) in [5.41, 5.74) is 3.34. The Hall–Kier alpha value is -3.78. The summed E-state index contributed by atoms with van der Waals surface area (Å²) >= 11 is 0. The summed E-state index contributed by atoms with van der Waals surface area (Å²) in [5.74, 6) is -0.271. The molecule has 4 rings (SSSR count). The van der Waals surface area contributed by atoms with E-state index in [9.17, 15) is 13.2 Å². The van der Waals surface area contributed by atoms with E-state index >= 15 is 0 Å². The number of hydrogen-bond donors (Lipinski definition) is 1. The van der Waals surface area contributed by atoms with Crippen molar-refractivity contribution >= 4 is 38.5 Å². The Morgan fingerprint density at radius 2 is 1.52 bits per heavy atom. The number of carbonyl (C=O) groups excluding carboxylic acids is 1. The molecular weight excluding hydrogens is 436 g/mol. The van der Waals surface area contributed by atoms with Gasteiger partial charge in [-0.05, 0) is 64.8 Å². The standard InChI is InChI=1S/C25H24N4O3S/c1-25(2,3)18-10-8-17(9-11-18)24(30)27-19-12-14-20(15-13-19)33(31,32)29-23-16-26-21-6-4-5-7-22(21)28-23/h4-16H,1-3H3,(H2,27,28,29,30)/p-1. The minimum Gasteiger partial charge on any atom is -0.433 e. The third kappa shape index (κ3) is 5.18. The van der Waals surface area contributed by atoms with E-state index in [4.69, 9.17) is 0 Å². The molecule has 1 amide bonds. The molecular formula is C25H23N4O3S-. The molecule has 0 fully saturated rings. The molecule has 3 aromatic carbocycles. The summed E-state index contributed by atoms with van der Waals surface area (Å²) < 4.78 is 29.2. The van der Waals surface area contributed by atoms with Gasteiger partial charge in [0.15, 0.2) is 0 Å². The summed E-state index contributed by atoms with van der Waals surface area (Å²) in [6.45, 7) is 6.32. The van der Waals surface area contributed by atoms with Crippen LogP contribution in [0.1, 0.15) is 36.7 Å². The van der Waals surface area contributed by atoms with Crippen LogP contribution in [0.3, 0.4) is 0 Å². The predicted octanol–water partition coefficient (Wildman–Crippen LogP) is 5.57. The third-order valence-corrected chi connectivity index (χ3v) is 6.37. The fourth-order valence-corrected chi connectivity index (χ4v) is 4.12. The lowest BCUT2D eigenvalue weighted by Crippen LogP contribution is -2.14. The summed E-state index contributed by atoms with van der Waals surface area (Å²) in [6, 6.07) is 20.4. The van der Waals surface area contributed by atoms with Gasteiger partial charge in [-0.15, -0.1) is 0 Å². The first-order valence-corrected chi connectivity index (χ1v) is 11.8. The molecule has 7 nitrogen and oxygen atoms in total. The Labute approximate surface area is 193 Å². The minimum atomic E-state index is -3.99. The van der Waals surface area contributed by atoms with Gasteiger partial charge in [0, 0.05) is 17.4 Å². The largest absolute Gasteiger partial charge is 0.433 e. The van der Waals surface area contributed by atoms with Crippen LogP contribution in [0.5, 0.6) is 0 Å². The van der Waals surface area contributed by atoms with Gasteiger partial charge in [-0.3, -0.25) is 9.78 Å². The highest BCUT2D eigenvalue weighted by molar-refractivity contribution is 7.94. The first-order chi connectivity index (χ1) is 15.6. The number of carbonyl (C=O) groups is 1. The molecule has 0 aliphatic carbocycles. The molecule has 1 aromatic heterocycles. The van der Waals surface area contributed by atoms with E-state index in [1.165, 1.54) is 30.5 Å². The lowest BCUT2D eigenvalue weighted by molar-refractivity contribution is 0.102. The molecule has 0 unspecified atom stereocenters. The summed E-state index contributed by atoms with van der Waals surface area (Å²) in [5, 5.41) is 2.78. The van der Waals surface area contributed by atoms with Crippen LogP contribution >= 0.6 is 0 Å². The smallest absolute Gasteiger partial charge is 0.255 e. The molecule has 0 atom stereocenters. The van der Waals surface area contributed by atoms with Crippen LogP contribution in [-0.2, 0) is 15.4 Å². The van der Waals surface area contributed by atoms with Gasteiger partial charge < -0.3 is 15.0 Å². The van der Waals surface area contributed by atoms with Crippen molar-refractivity contribution < 1.29 is 13.2 Å². The fraction of sp³-hybridized carbons (Fsp3) is 0.160. The molecule has 1 N–H and O–H groups in total. The van der Waals surface area contributed by atoms with Gasteiger partial charge in [-0.2, -0.15) is 0 Å². The van der Waals surface area contributed by atoms with Crippen molar-refractivity contribution in [2.45, 2.75) is 31.1 Å². The molecule has 0 spiro atoms. The lowest BCUT2D eigenvalue weighted by Gasteiger charge is -2.19. The van der Waals surface area contributed by atoms with Crippen molar-refractivity contribution in [3.8, 4) is 0 Å². The monoisotopic (exact) mass is 459 g/mol. The zero-order chi connectivity index (χ0) is 23.6. The number of anilines is 1. The predicted molar refractivity (Wildman–Crippen MR) is 129 cm³/mol. The summed E-state index contributed by atoms with van der Waals surface area (Å²) in [4.78, 5) is 21.0. The number of nitrogens with zero attached hydrogens (tertiary/aromatic N) is 3. The highest BCUT2D eigenvalue weighted by atomic mass is 32.2. The van der Waals surface area contributed by atoms with E-state index in [-0.39, 0.29) is 22.0 Å². The number of nitrogens with one attached hydrogen (secondary N) is 1. The average Bonchev–Trinajstić information content (AvgIpc) is 2.78. The van der Waals surface area contributed by atoms with E-state index in [0.29, 0.717) is 22.3 Å². The molecule has 0 saturated carbocycles. The van der Waals surface area contributed by atoms with E-state index in [0.717, 1.165) is 5.56 Å².